The fraction of sp³-hybridized carbons (Fsp3) is 0. The molecule has 96 valence electrons. The second-order valence-corrected chi connectivity index (χ2v) is 3.80. The van der Waals surface area contributed by atoms with Crippen molar-refractivity contribution >= 4 is 17.5 Å². The summed E-state index contributed by atoms with van der Waals surface area (Å²) in [5.74, 6) is -0.898. The molecule has 0 atom stereocenters. The number of carbonyl (C=O) groups excluding carboxylic acids is 2. The van der Waals surface area contributed by atoms with E-state index in [0.717, 1.165) is 0 Å². The van der Waals surface area contributed by atoms with Crippen LogP contribution in [0.5, 0.6) is 5.75 Å². The van der Waals surface area contributed by atoms with Gasteiger partial charge in [-0.1, -0.05) is 0 Å². The van der Waals surface area contributed by atoms with Gasteiger partial charge < -0.3 is 16.2 Å². The van der Waals surface area contributed by atoms with Crippen LogP contribution in [0.1, 0.15) is 20.8 Å². The van der Waals surface area contributed by atoms with Crippen LogP contribution in [0.2, 0.25) is 0 Å². The maximum atomic E-state index is 11.9. The maximum absolute atomic E-state index is 11.9. The van der Waals surface area contributed by atoms with Crippen molar-refractivity contribution < 1.29 is 14.7 Å². The third kappa shape index (κ3) is 3.06. The summed E-state index contributed by atoms with van der Waals surface area (Å²) in [7, 11) is 0. The van der Waals surface area contributed by atoms with Crippen molar-refractivity contribution in [3.63, 3.8) is 0 Å². The van der Waals surface area contributed by atoms with E-state index >= 15 is 0 Å². The molecule has 0 radical (unpaired) electrons. The zero-order valence-corrected chi connectivity index (χ0v) is 9.83. The van der Waals surface area contributed by atoms with E-state index in [0.29, 0.717) is 11.3 Å². The molecule has 4 N–H and O–H groups in total. The number of nitrogens with two attached hydrogens (primary N) is 1. The van der Waals surface area contributed by atoms with Gasteiger partial charge >= 0.3 is 0 Å². The first-order valence-electron chi connectivity index (χ1n) is 5.42. The van der Waals surface area contributed by atoms with Gasteiger partial charge in [-0.15, -0.1) is 0 Å². The highest BCUT2D eigenvalue weighted by atomic mass is 16.3. The minimum absolute atomic E-state index is 0.0983. The van der Waals surface area contributed by atoms with E-state index in [9.17, 15) is 9.59 Å². The number of nitrogens with zero attached hydrogens (tertiary/aromatic N) is 1. The molecular weight excluding hydrogens is 246 g/mol. The molecule has 1 heterocycles. The molecule has 6 heteroatoms. The second kappa shape index (κ2) is 5.18. The number of hydrogen-bond acceptors (Lipinski definition) is 4. The first-order valence-corrected chi connectivity index (χ1v) is 5.42. The van der Waals surface area contributed by atoms with Crippen molar-refractivity contribution in [1.82, 2.24) is 4.98 Å². The molecule has 0 saturated carbocycles. The number of rotatable bonds is 3. The molecule has 0 aliphatic carbocycles. The van der Waals surface area contributed by atoms with E-state index in [1.54, 1.807) is 12.1 Å². The predicted molar refractivity (Wildman–Crippen MR) is 68.8 cm³/mol. The fourth-order valence-corrected chi connectivity index (χ4v) is 1.42. The Morgan fingerprint density at radius 2 is 1.79 bits per heavy atom. The third-order valence-corrected chi connectivity index (χ3v) is 2.40. The van der Waals surface area contributed by atoms with Crippen LogP contribution in [-0.4, -0.2) is 21.9 Å². The molecule has 19 heavy (non-hydrogen) atoms. The van der Waals surface area contributed by atoms with Crippen LogP contribution < -0.4 is 11.1 Å². The van der Waals surface area contributed by atoms with Gasteiger partial charge in [0, 0.05) is 11.9 Å². The van der Waals surface area contributed by atoms with Crippen molar-refractivity contribution in [3.8, 4) is 5.75 Å². The van der Waals surface area contributed by atoms with Crippen LogP contribution in [0.4, 0.5) is 5.69 Å². The van der Waals surface area contributed by atoms with Gasteiger partial charge in [0.25, 0.3) is 11.8 Å². The molecule has 1 aromatic carbocycles. The minimum atomic E-state index is -0.648. The number of benzene rings is 1. The van der Waals surface area contributed by atoms with Crippen molar-refractivity contribution in [2.24, 2.45) is 5.73 Å². The van der Waals surface area contributed by atoms with E-state index in [-0.39, 0.29) is 17.4 Å². The zero-order chi connectivity index (χ0) is 13.8. The van der Waals surface area contributed by atoms with Gasteiger partial charge in [-0.2, -0.15) is 0 Å². The van der Waals surface area contributed by atoms with Crippen LogP contribution in [0.25, 0.3) is 0 Å². The number of aromatic nitrogens is 1. The van der Waals surface area contributed by atoms with Gasteiger partial charge in [0.1, 0.15) is 11.4 Å². The Balaban J connectivity index is 2.11. The average molecular weight is 257 g/mol. The first-order chi connectivity index (χ1) is 9.06. The molecule has 2 amide bonds. The summed E-state index contributed by atoms with van der Waals surface area (Å²) in [6.45, 7) is 0. The quantitative estimate of drug-likeness (QED) is 0.717. The Labute approximate surface area is 108 Å². The molecule has 0 bridgehead atoms. The van der Waals surface area contributed by atoms with Crippen LogP contribution in [-0.2, 0) is 0 Å². The second-order valence-electron chi connectivity index (χ2n) is 3.80. The number of amides is 2. The van der Waals surface area contributed by atoms with E-state index in [1.165, 1.54) is 30.5 Å². The van der Waals surface area contributed by atoms with Gasteiger partial charge in [0.05, 0.1) is 5.56 Å². The van der Waals surface area contributed by atoms with Gasteiger partial charge in [0.2, 0.25) is 0 Å². The largest absolute Gasteiger partial charge is 0.508 e. The number of anilines is 1. The lowest BCUT2D eigenvalue weighted by molar-refractivity contribution is 0.0990. The number of carbonyl (C=O) groups is 2. The average Bonchev–Trinajstić information content (AvgIpc) is 2.41. The summed E-state index contributed by atoms with van der Waals surface area (Å²) < 4.78 is 0. The molecule has 6 nitrogen and oxygen atoms in total. The first kappa shape index (κ1) is 12.6. The highest BCUT2D eigenvalue weighted by Gasteiger charge is 2.08. The summed E-state index contributed by atoms with van der Waals surface area (Å²) in [6.07, 6.45) is 1.27. The van der Waals surface area contributed by atoms with Crippen molar-refractivity contribution in [2.45, 2.75) is 0 Å². The zero-order valence-electron chi connectivity index (χ0n) is 9.83. The van der Waals surface area contributed by atoms with E-state index in [2.05, 4.69) is 10.3 Å². The highest BCUT2D eigenvalue weighted by molar-refractivity contribution is 6.04. The van der Waals surface area contributed by atoms with Crippen LogP contribution in [0.15, 0.2) is 42.6 Å². The molecule has 1 aromatic heterocycles. The third-order valence-electron chi connectivity index (χ3n) is 2.40. The van der Waals surface area contributed by atoms with Crippen molar-refractivity contribution in [1.29, 1.82) is 0 Å². The number of aromatic hydroxyl groups is 1. The van der Waals surface area contributed by atoms with Crippen LogP contribution in [0.3, 0.4) is 0 Å². The molecule has 2 rings (SSSR count). The van der Waals surface area contributed by atoms with E-state index in [1.807, 2.05) is 0 Å². The maximum Gasteiger partial charge on any atom is 0.267 e. The summed E-state index contributed by atoms with van der Waals surface area (Å²) >= 11 is 0. The SMILES string of the molecule is NC(=O)c1ccc(C(=O)Nc2ccc(O)cc2)cn1. The monoisotopic (exact) mass is 257 g/mol. The lowest BCUT2D eigenvalue weighted by Gasteiger charge is -2.05. The smallest absolute Gasteiger partial charge is 0.267 e. The lowest BCUT2D eigenvalue weighted by Crippen LogP contribution is -2.15. The Kier molecular flexibility index (Phi) is 3.42. The normalized spacial score (nSPS) is 9.89. The Morgan fingerprint density at radius 1 is 1.11 bits per heavy atom. The molecule has 0 fully saturated rings. The molecule has 0 unspecified atom stereocenters. The van der Waals surface area contributed by atoms with Gasteiger partial charge in [0.15, 0.2) is 0 Å². The lowest BCUT2D eigenvalue weighted by atomic mass is 10.2. The van der Waals surface area contributed by atoms with Gasteiger partial charge in [-0.05, 0) is 36.4 Å². The van der Waals surface area contributed by atoms with Gasteiger partial charge in [-0.3, -0.25) is 14.6 Å². The van der Waals surface area contributed by atoms with Gasteiger partial charge in [-0.25, -0.2) is 0 Å². The summed E-state index contributed by atoms with van der Waals surface area (Å²) in [5, 5.41) is 11.8. The Bertz CT molecular complexity index is 606. The number of primary amides is 1. The number of phenols is 1. The molecular formula is C13H11N3O3. The van der Waals surface area contributed by atoms with Crippen LogP contribution in [0, 0.1) is 0 Å². The summed E-state index contributed by atoms with van der Waals surface area (Å²) in [5.41, 5.74) is 6.00. The number of pyridine rings is 1. The number of nitrogens with one attached hydrogen (secondary N) is 1. The Hall–Kier alpha value is -2.89. The fourth-order valence-electron chi connectivity index (χ4n) is 1.42. The van der Waals surface area contributed by atoms with E-state index in [4.69, 9.17) is 10.8 Å². The highest BCUT2D eigenvalue weighted by Crippen LogP contribution is 2.14. The minimum Gasteiger partial charge on any atom is -0.508 e. The Morgan fingerprint density at radius 3 is 2.32 bits per heavy atom. The molecule has 2 aromatic rings. The number of hydrogen-bond donors (Lipinski definition) is 3. The summed E-state index contributed by atoms with van der Waals surface area (Å²) in [4.78, 5) is 26.5. The van der Waals surface area contributed by atoms with E-state index < -0.39 is 5.91 Å². The van der Waals surface area contributed by atoms with Crippen molar-refractivity contribution in [3.05, 3.63) is 53.9 Å². The molecule has 0 aliphatic heterocycles. The topological polar surface area (TPSA) is 105 Å². The standard InChI is InChI=1S/C13H11N3O3/c14-12(18)11-6-1-8(7-15-11)13(19)16-9-2-4-10(17)5-3-9/h1-7,17H,(H2,14,18)(H,16,19). The molecule has 0 saturated heterocycles. The number of phenolic OH excluding ortho intramolecular Hbond substituents is 1. The molecule has 0 spiro atoms. The summed E-state index contributed by atoms with van der Waals surface area (Å²) in [6, 6.07) is 8.90. The van der Waals surface area contributed by atoms with Crippen molar-refractivity contribution in [2.75, 3.05) is 5.32 Å². The predicted octanol–water partition coefficient (Wildman–Crippen LogP) is 1.14. The molecule has 0 aliphatic rings. The van der Waals surface area contributed by atoms with Crippen LogP contribution >= 0.6 is 0 Å².